The first kappa shape index (κ1) is 19.9. The lowest BCUT2D eigenvalue weighted by Crippen LogP contribution is -2.57. The van der Waals surface area contributed by atoms with Crippen LogP contribution in [0.5, 0.6) is 5.75 Å². The number of amides is 4. The van der Waals surface area contributed by atoms with Crippen LogP contribution >= 0.6 is 0 Å². The predicted octanol–water partition coefficient (Wildman–Crippen LogP) is 2.57. The van der Waals surface area contributed by atoms with Crippen molar-refractivity contribution in [1.82, 2.24) is 15.1 Å². The smallest absolute Gasteiger partial charge is 0.325 e. The van der Waals surface area contributed by atoms with Crippen molar-refractivity contribution in [3.05, 3.63) is 66.2 Å². The van der Waals surface area contributed by atoms with Crippen LogP contribution in [0, 0.1) is 0 Å². The Morgan fingerprint density at radius 2 is 1.63 bits per heavy atom. The first-order valence-electron chi connectivity index (χ1n) is 10.2. The predicted molar refractivity (Wildman–Crippen MR) is 111 cm³/mol. The number of imide groups is 1. The Labute approximate surface area is 175 Å². The van der Waals surface area contributed by atoms with Crippen molar-refractivity contribution in [3.8, 4) is 5.75 Å². The van der Waals surface area contributed by atoms with Gasteiger partial charge in [-0.25, -0.2) is 4.79 Å². The molecule has 1 spiro atoms. The monoisotopic (exact) mass is 407 g/mol. The third kappa shape index (κ3) is 3.87. The molecule has 2 heterocycles. The second-order valence-electron chi connectivity index (χ2n) is 7.79. The molecule has 2 aliphatic heterocycles. The third-order valence-electron chi connectivity index (χ3n) is 5.76. The van der Waals surface area contributed by atoms with E-state index in [0.29, 0.717) is 31.7 Å². The normalized spacial score (nSPS) is 19.0. The summed E-state index contributed by atoms with van der Waals surface area (Å²) in [4.78, 5) is 41.3. The minimum absolute atomic E-state index is 0.119. The van der Waals surface area contributed by atoms with Gasteiger partial charge >= 0.3 is 6.03 Å². The number of benzene rings is 2. The molecule has 4 rings (SSSR count). The molecule has 2 aliphatic rings. The number of rotatable bonds is 5. The van der Waals surface area contributed by atoms with Gasteiger partial charge in [0.25, 0.3) is 11.8 Å². The fourth-order valence-electron chi connectivity index (χ4n) is 4.04. The van der Waals surface area contributed by atoms with E-state index >= 15 is 0 Å². The minimum atomic E-state index is -0.924. The summed E-state index contributed by atoms with van der Waals surface area (Å²) in [5.74, 6) is 0.310. The summed E-state index contributed by atoms with van der Waals surface area (Å²) in [6, 6.07) is 18.3. The van der Waals surface area contributed by atoms with E-state index in [4.69, 9.17) is 4.74 Å². The highest BCUT2D eigenvalue weighted by Crippen LogP contribution is 2.31. The summed E-state index contributed by atoms with van der Waals surface area (Å²) >= 11 is 0. The molecule has 156 valence electrons. The van der Waals surface area contributed by atoms with E-state index in [2.05, 4.69) is 5.32 Å². The Bertz CT molecular complexity index is 924. The molecule has 2 aromatic rings. The molecular weight excluding hydrogens is 382 g/mol. The molecule has 4 amide bonds. The molecule has 1 N–H and O–H groups in total. The SMILES string of the molecule is C[C@@H](Oc1ccccc1)C(=O)N1CCC2(CC1)NC(=O)N(Cc1ccccc1)C2=O. The van der Waals surface area contributed by atoms with Crippen molar-refractivity contribution in [2.75, 3.05) is 13.1 Å². The van der Waals surface area contributed by atoms with Crippen molar-refractivity contribution in [1.29, 1.82) is 0 Å². The summed E-state index contributed by atoms with van der Waals surface area (Å²) in [6.07, 6.45) is 0.171. The van der Waals surface area contributed by atoms with Crippen LogP contribution in [0.4, 0.5) is 4.79 Å². The summed E-state index contributed by atoms with van der Waals surface area (Å²) in [7, 11) is 0. The van der Waals surface area contributed by atoms with Crippen LogP contribution in [0.3, 0.4) is 0 Å². The Kier molecular flexibility index (Phi) is 5.44. The molecule has 2 aromatic carbocycles. The maximum atomic E-state index is 13.1. The Morgan fingerprint density at radius 1 is 1.03 bits per heavy atom. The van der Waals surface area contributed by atoms with E-state index in [9.17, 15) is 14.4 Å². The van der Waals surface area contributed by atoms with Crippen LogP contribution in [0.2, 0.25) is 0 Å². The number of para-hydroxylation sites is 1. The number of nitrogens with one attached hydrogen (secondary N) is 1. The van der Waals surface area contributed by atoms with Crippen molar-refractivity contribution in [2.24, 2.45) is 0 Å². The topological polar surface area (TPSA) is 79.0 Å². The van der Waals surface area contributed by atoms with Crippen molar-refractivity contribution in [2.45, 2.75) is 38.0 Å². The van der Waals surface area contributed by atoms with E-state index in [0.717, 1.165) is 5.56 Å². The molecule has 7 nitrogen and oxygen atoms in total. The molecule has 0 saturated carbocycles. The summed E-state index contributed by atoms with van der Waals surface area (Å²) in [5, 5.41) is 2.89. The zero-order valence-corrected chi connectivity index (χ0v) is 16.9. The zero-order chi connectivity index (χ0) is 21.1. The summed E-state index contributed by atoms with van der Waals surface area (Å²) in [6.45, 7) is 2.76. The lowest BCUT2D eigenvalue weighted by atomic mass is 9.87. The van der Waals surface area contributed by atoms with E-state index in [-0.39, 0.29) is 24.4 Å². The fourth-order valence-corrected chi connectivity index (χ4v) is 4.04. The van der Waals surface area contributed by atoms with E-state index in [1.807, 2.05) is 60.7 Å². The second kappa shape index (κ2) is 8.18. The molecule has 7 heteroatoms. The molecular formula is C23H25N3O4. The number of urea groups is 1. The van der Waals surface area contributed by atoms with Gasteiger partial charge in [-0.1, -0.05) is 48.5 Å². The molecule has 2 saturated heterocycles. The van der Waals surface area contributed by atoms with E-state index in [1.165, 1.54) is 4.90 Å². The largest absolute Gasteiger partial charge is 0.481 e. The highest BCUT2D eigenvalue weighted by Gasteiger charge is 2.52. The van der Waals surface area contributed by atoms with Crippen molar-refractivity contribution < 1.29 is 19.1 Å². The fraction of sp³-hybridized carbons (Fsp3) is 0.348. The van der Waals surface area contributed by atoms with E-state index in [1.54, 1.807) is 11.8 Å². The van der Waals surface area contributed by atoms with Gasteiger partial charge in [0.2, 0.25) is 0 Å². The Hall–Kier alpha value is -3.35. The van der Waals surface area contributed by atoms with Crippen molar-refractivity contribution in [3.63, 3.8) is 0 Å². The third-order valence-corrected chi connectivity index (χ3v) is 5.76. The standard InChI is InChI=1S/C23H25N3O4/c1-17(30-19-10-6-3-7-11-19)20(27)25-14-12-23(13-15-25)21(28)26(22(29)24-23)16-18-8-4-2-5-9-18/h2-11,17H,12-16H2,1H3,(H,24,29)/t17-/m1/s1. The molecule has 0 unspecified atom stereocenters. The maximum Gasteiger partial charge on any atom is 0.325 e. The van der Waals surface area contributed by atoms with Gasteiger partial charge in [0, 0.05) is 13.1 Å². The van der Waals surface area contributed by atoms with Gasteiger partial charge in [0.15, 0.2) is 6.10 Å². The van der Waals surface area contributed by atoms with Crippen LogP contribution in [-0.4, -0.2) is 52.4 Å². The van der Waals surface area contributed by atoms with Gasteiger partial charge in [-0.05, 0) is 37.5 Å². The molecule has 0 aliphatic carbocycles. The second-order valence-corrected chi connectivity index (χ2v) is 7.79. The molecule has 30 heavy (non-hydrogen) atoms. The average molecular weight is 407 g/mol. The number of ether oxygens (including phenoxy) is 1. The summed E-state index contributed by atoms with van der Waals surface area (Å²) in [5.41, 5.74) is -0.0239. The lowest BCUT2D eigenvalue weighted by Gasteiger charge is -2.38. The van der Waals surface area contributed by atoms with Gasteiger partial charge in [-0.3, -0.25) is 14.5 Å². The number of hydrogen-bond acceptors (Lipinski definition) is 4. The van der Waals surface area contributed by atoms with Crippen LogP contribution in [-0.2, 0) is 16.1 Å². The van der Waals surface area contributed by atoms with Crippen molar-refractivity contribution >= 4 is 17.8 Å². The number of nitrogens with zero attached hydrogens (tertiary/aromatic N) is 2. The average Bonchev–Trinajstić information content (AvgIpc) is 2.99. The van der Waals surface area contributed by atoms with Gasteiger partial charge < -0.3 is 15.0 Å². The van der Waals surface area contributed by atoms with Gasteiger partial charge in [0.05, 0.1) is 6.54 Å². The quantitative estimate of drug-likeness (QED) is 0.773. The first-order chi connectivity index (χ1) is 14.5. The number of carbonyl (C=O) groups is 3. The Balaban J connectivity index is 1.37. The molecule has 2 fully saturated rings. The van der Waals surface area contributed by atoms with Crippen LogP contribution in [0.25, 0.3) is 0 Å². The first-order valence-corrected chi connectivity index (χ1v) is 10.2. The molecule has 0 aromatic heterocycles. The van der Waals surface area contributed by atoms with Crippen LogP contribution in [0.15, 0.2) is 60.7 Å². The summed E-state index contributed by atoms with van der Waals surface area (Å²) < 4.78 is 5.73. The van der Waals surface area contributed by atoms with E-state index < -0.39 is 11.6 Å². The van der Waals surface area contributed by atoms with Crippen LogP contribution in [0.1, 0.15) is 25.3 Å². The molecule has 0 bridgehead atoms. The minimum Gasteiger partial charge on any atom is -0.481 e. The van der Waals surface area contributed by atoms with Gasteiger partial charge in [-0.15, -0.1) is 0 Å². The Morgan fingerprint density at radius 3 is 2.27 bits per heavy atom. The maximum absolute atomic E-state index is 13.1. The number of piperidine rings is 1. The lowest BCUT2D eigenvalue weighted by molar-refractivity contribution is -0.142. The highest BCUT2D eigenvalue weighted by atomic mass is 16.5. The van der Waals surface area contributed by atoms with Gasteiger partial charge in [0.1, 0.15) is 11.3 Å². The highest BCUT2D eigenvalue weighted by molar-refractivity contribution is 6.07. The zero-order valence-electron chi connectivity index (χ0n) is 16.9. The van der Waals surface area contributed by atoms with Crippen LogP contribution < -0.4 is 10.1 Å². The number of hydrogen-bond donors (Lipinski definition) is 1. The molecule has 0 radical (unpaired) electrons. The van der Waals surface area contributed by atoms with Gasteiger partial charge in [-0.2, -0.15) is 0 Å². The molecule has 1 atom stereocenters. The number of likely N-dealkylation sites (tertiary alicyclic amines) is 1. The number of carbonyl (C=O) groups excluding carboxylic acids is 3.